The topological polar surface area (TPSA) is 70.0 Å². The molecular weight excluding hydrogens is 196 g/mol. The van der Waals surface area contributed by atoms with Crippen molar-refractivity contribution in [3.63, 3.8) is 0 Å². The number of imide groups is 1. The number of oxime groups is 1. The zero-order chi connectivity index (χ0) is 10.8. The van der Waals surface area contributed by atoms with E-state index in [1.165, 1.54) is 0 Å². The molecule has 1 N–H and O–H groups in total. The maximum atomic E-state index is 11.7. The van der Waals surface area contributed by atoms with Gasteiger partial charge in [-0.05, 0) is 12.1 Å². The van der Waals surface area contributed by atoms with Crippen molar-refractivity contribution in [1.29, 1.82) is 0 Å². The fourth-order valence-corrected chi connectivity index (χ4v) is 1.52. The molecule has 1 aromatic rings. The minimum Gasteiger partial charge on any atom is -0.411 e. The smallest absolute Gasteiger partial charge is 0.261 e. The van der Waals surface area contributed by atoms with Crippen LogP contribution in [0.25, 0.3) is 0 Å². The van der Waals surface area contributed by atoms with Crippen molar-refractivity contribution in [3.8, 4) is 0 Å². The van der Waals surface area contributed by atoms with E-state index in [1.807, 2.05) is 0 Å². The summed E-state index contributed by atoms with van der Waals surface area (Å²) >= 11 is 0. The molecule has 5 nitrogen and oxygen atoms in total. The van der Waals surface area contributed by atoms with Gasteiger partial charge in [0, 0.05) is 0 Å². The van der Waals surface area contributed by atoms with Gasteiger partial charge in [0.05, 0.1) is 23.9 Å². The van der Waals surface area contributed by atoms with Gasteiger partial charge in [-0.1, -0.05) is 12.1 Å². The Balaban J connectivity index is 2.37. The summed E-state index contributed by atoms with van der Waals surface area (Å²) in [5.74, 6) is -0.703. The molecule has 1 aromatic carbocycles. The molecule has 5 heteroatoms. The number of benzene rings is 1. The number of hydrogen-bond donors (Lipinski definition) is 1. The molecule has 1 aliphatic rings. The first-order valence-corrected chi connectivity index (χ1v) is 4.37. The van der Waals surface area contributed by atoms with Gasteiger partial charge in [-0.25, -0.2) is 0 Å². The van der Waals surface area contributed by atoms with Gasteiger partial charge >= 0.3 is 0 Å². The van der Waals surface area contributed by atoms with Crippen LogP contribution in [-0.4, -0.2) is 34.7 Å². The Hall–Kier alpha value is -2.17. The Morgan fingerprint density at radius 2 is 1.73 bits per heavy atom. The lowest BCUT2D eigenvalue weighted by Crippen LogP contribution is -2.31. The highest BCUT2D eigenvalue weighted by Gasteiger charge is 2.34. The zero-order valence-electron chi connectivity index (χ0n) is 7.75. The second-order valence-corrected chi connectivity index (χ2v) is 3.06. The number of rotatable bonds is 2. The van der Waals surface area contributed by atoms with E-state index in [2.05, 4.69) is 5.16 Å². The van der Waals surface area contributed by atoms with E-state index in [1.54, 1.807) is 24.3 Å². The number of carbonyl (C=O) groups is 2. The molecule has 0 bridgehead atoms. The highest BCUT2D eigenvalue weighted by atomic mass is 16.4. The zero-order valence-corrected chi connectivity index (χ0v) is 7.75. The SMILES string of the molecule is O=C1c2ccccc2C(=O)N1C/C=N/O. The average Bonchev–Trinajstić information content (AvgIpc) is 2.51. The summed E-state index contributed by atoms with van der Waals surface area (Å²) in [5, 5.41) is 11.0. The number of hydrogen-bond acceptors (Lipinski definition) is 4. The van der Waals surface area contributed by atoms with E-state index in [0.29, 0.717) is 11.1 Å². The number of carbonyl (C=O) groups excluding carboxylic acids is 2. The fourth-order valence-electron chi connectivity index (χ4n) is 1.52. The molecule has 0 aliphatic carbocycles. The Kier molecular flexibility index (Phi) is 2.21. The predicted octanol–water partition coefficient (Wildman–Crippen LogP) is 0.743. The molecule has 1 aliphatic heterocycles. The summed E-state index contributed by atoms with van der Waals surface area (Å²) < 4.78 is 0. The molecular formula is C10H8N2O3. The summed E-state index contributed by atoms with van der Waals surface area (Å²) in [6.07, 6.45) is 1.10. The first-order valence-electron chi connectivity index (χ1n) is 4.37. The molecule has 2 rings (SSSR count). The lowest BCUT2D eigenvalue weighted by atomic mass is 10.1. The molecule has 0 spiro atoms. The van der Waals surface area contributed by atoms with Gasteiger partial charge in [0.25, 0.3) is 11.8 Å². The van der Waals surface area contributed by atoms with E-state index < -0.39 is 0 Å². The van der Waals surface area contributed by atoms with Gasteiger partial charge in [0.1, 0.15) is 0 Å². The van der Waals surface area contributed by atoms with Gasteiger partial charge in [0.2, 0.25) is 0 Å². The summed E-state index contributed by atoms with van der Waals surface area (Å²) in [6.45, 7) is -0.0111. The van der Waals surface area contributed by atoms with Crippen LogP contribution in [0.1, 0.15) is 20.7 Å². The molecule has 0 radical (unpaired) electrons. The van der Waals surface area contributed by atoms with E-state index in [4.69, 9.17) is 5.21 Å². The van der Waals surface area contributed by atoms with Crippen LogP contribution in [0, 0.1) is 0 Å². The lowest BCUT2D eigenvalue weighted by molar-refractivity contribution is 0.0678. The summed E-state index contributed by atoms with van der Waals surface area (Å²) in [4.78, 5) is 24.4. The maximum absolute atomic E-state index is 11.7. The van der Waals surface area contributed by atoms with Crippen LogP contribution >= 0.6 is 0 Å². The lowest BCUT2D eigenvalue weighted by Gasteiger charge is -2.08. The third-order valence-corrected chi connectivity index (χ3v) is 2.22. The van der Waals surface area contributed by atoms with Gasteiger partial charge in [-0.2, -0.15) is 0 Å². The number of amides is 2. The quantitative estimate of drug-likeness (QED) is 0.334. The molecule has 0 unspecified atom stereocenters. The third-order valence-electron chi connectivity index (χ3n) is 2.22. The molecule has 76 valence electrons. The van der Waals surface area contributed by atoms with Gasteiger partial charge < -0.3 is 5.21 Å². The van der Waals surface area contributed by atoms with Crippen LogP contribution in [-0.2, 0) is 0 Å². The van der Waals surface area contributed by atoms with E-state index in [-0.39, 0.29) is 18.4 Å². The Morgan fingerprint density at radius 1 is 1.20 bits per heavy atom. The second kappa shape index (κ2) is 3.53. The first kappa shape index (κ1) is 9.39. The highest BCUT2D eigenvalue weighted by Crippen LogP contribution is 2.21. The summed E-state index contributed by atoms with van der Waals surface area (Å²) in [7, 11) is 0. The van der Waals surface area contributed by atoms with Crippen LogP contribution in [0.2, 0.25) is 0 Å². The Bertz CT molecular complexity index is 419. The van der Waals surface area contributed by atoms with Gasteiger partial charge in [0.15, 0.2) is 0 Å². The molecule has 1 heterocycles. The molecule has 15 heavy (non-hydrogen) atoms. The highest BCUT2D eigenvalue weighted by molar-refractivity contribution is 6.21. The number of fused-ring (bicyclic) bond motifs is 1. The van der Waals surface area contributed by atoms with Crippen molar-refractivity contribution in [2.45, 2.75) is 0 Å². The molecule has 0 aromatic heterocycles. The molecule has 0 saturated heterocycles. The monoisotopic (exact) mass is 204 g/mol. The van der Waals surface area contributed by atoms with E-state index in [0.717, 1.165) is 11.1 Å². The van der Waals surface area contributed by atoms with Crippen LogP contribution in [0.4, 0.5) is 0 Å². The predicted molar refractivity (Wildman–Crippen MR) is 52.1 cm³/mol. The van der Waals surface area contributed by atoms with Crippen molar-refractivity contribution in [2.75, 3.05) is 6.54 Å². The normalized spacial score (nSPS) is 15.1. The van der Waals surface area contributed by atoms with Crippen LogP contribution in [0.15, 0.2) is 29.4 Å². The van der Waals surface area contributed by atoms with Gasteiger partial charge in [-0.15, -0.1) is 5.16 Å². The molecule has 0 atom stereocenters. The second-order valence-electron chi connectivity index (χ2n) is 3.06. The van der Waals surface area contributed by atoms with Crippen molar-refractivity contribution < 1.29 is 14.8 Å². The maximum Gasteiger partial charge on any atom is 0.261 e. The van der Waals surface area contributed by atoms with Gasteiger partial charge in [-0.3, -0.25) is 14.5 Å². The fraction of sp³-hybridized carbons (Fsp3) is 0.100. The summed E-state index contributed by atoms with van der Waals surface area (Å²) in [6, 6.07) is 6.61. The molecule has 2 amide bonds. The Labute approximate surface area is 85.6 Å². The largest absolute Gasteiger partial charge is 0.411 e. The first-order chi connectivity index (χ1) is 7.25. The number of nitrogens with zero attached hydrogens (tertiary/aromatic N) is 2. The van der Waals surface area contributed by atoms with Crippen LogP contribution in [0.3, 0.4) is 0 Å². The third kappa shape index (κ3) is 1.38. The van der Waals surface area contributed by atoms with Crippen LogP contribution in [0.5, 0.6) is 0 Å². The minimum atomic E-state index is -0.351. The van der Waals surface area contributed by atoms with Crippen molar-refractivity contribution in [3.05, 3.63) is 35.4 Å². The van der Waals surface area contributed by atoms with Crippen molar-refractivity contribution >= 4 is 18.0 Å². The standard InChI is InChI=1S/C10H8N2O3/c13-9-7-3-1-2-4-8(7)10(14)12(9)6-5-11-15/h1-5,15H,6H2/b11-5+. The Morgan fingerprint density at radius 3 is 2.20 bits per heavy atom. The molecule has 0 fully saturated rings. The van der Waals surface area contributed by atoms with Crippen molar-refractivity contribution in [1.82, 2.24) is 4.90 Å². The summed E-state index contributed by atoms with van der Waals surface area (Å²) in [5.41, 5.74) is 0.794. The van der Waals surface area contributed by atoms with E-state index >= 15 is 0 Å². The minimum absolute atomic E-state index is 0.0111. The molecule has 0 saturated carbocycles. The average molecular weight is 204 g/mol. The van der Waals surface area contributed by atoms with Crippen molar-refractivity contribution in [2.24, 2.45) is 5.16 Å². The van der Waals surface area contributed by atoms with Crippen LogP contribution < -0.4 is 0 Å². The van der Waals surface area contributed by atoms with E-state index in [9.17, 15) is 9.59 Å².